The highest BCUT2D eigenvalue weighted by molar-refractivity contribution is 5.50. The predicted octanol–water partition coefficient (Wildman–Crippen LogP) is 0.152. The standard InChI is InChI=1S/C11H15N7O/c1-2-19-8-10-15-9(17-14)7-11(16-10)18(5-3-12)6-4-13/h7H,2,5-6,8,14H2,1H3,(H,15,16,17). The molecule has 19 heavy (non-hydrogen) atoms. The number of nitrogens with two attached hydrogens (primary N) is 1. The number of nitriles is 2. The second-order valence-corrected chi connectivity index (χ2v) is 3.48. The van der Waals surface area contributed by atoms with Crippen molar-refractivity contribution in [1.82, 2.24) is 9.97 Å². The zero-order valence-electron chi connectivity index (χ0n) is 10.6. The molecule has 0 aliphatic heterocycles. The number of hydrogen-bond donors (Lipinski definition) is 2. The minimum atomic E-state index is 0.0582. The first kappa shape index (κ1) is 14.6. The number of nitrogen functional groups attached to an aromatic ring is 1. The summed E-state index contributed by atoms with van der Waals surface area (Å²) in [6.07, 6.45) is 0. The van der Waals surface area contributed by atoms with Gasteiger partial charge in [0.15, 0.2) is 5.82 Å². The van der Waals surface area contributed by atoms with E-state index >= 15 is 0 Å². The van der Waals surface area contributed by atoms with E-state index in [1.165, 1.54) is 4.90 Å². The third-order valence-electron chi connectivity index (χ3n) is 2.19. The summed E-state index contributed by atoms with van der Waals surface area (Å²) in [7, 11) is 0. The van der Waals surface area contributed by atoms with Crippen LogP contribution in [0.25, 0.3) is 0 Å². The monoisotopic (exact) mass is 261 g/mol. The summed E-state index contributed by atoms with van der Waals surface area (Å²) in [6, 6.07) is 5.54. The number of hydrogen-bond acceptors (Lipinski definition) is 8. The quantitative estimate of drug-likeness (QED) is 0.404. The second-order valence-electron chi connectivity index (χ2n) is 3.48. The molecule has 0 aromatic carbocycles. The summed E-state index contributed by atoms with van der Waals surface area (Å²) in [6.45, 7) is 2.76. The Bertz CT molecular complexity index is 475. The highest BCUT2D eigenvalue weighted by Gasteiger charge is 2.11. The van der Waals surface area contributed by atoms with Crippen LogP contribution in [-0.2, 0) is 11.3 Å². The fraction of sp³-hybridized carbons (Fsp3) is 0.455. The van der Waals surface area contributed by atoms with Crippen molar-refractivity contribution < 1.29 is 4.74 Å². The molecule has 0 aliphatic rings. The van der Waals surface area contributed by atoms with Crippen molar-refractivity contribution in [2.45, 2.75) is 13.5 Å². The van der Waals surface area contributed by atoms with E-state index in [2.05, 4.69) is 15.4 Å². The van der Waals surface area contributed by atoms with Crippen LogP contribution in [0.5, 0.6) is 0 Å². The molecule has 0 atom stereocenters. The molecule has 0 unspecified atom stereocenters. The molecule has 100 valence electrons. The van der Waals surface area contributed by atoms with Crippen molar-refractivity contribution in [2.24, 2.45) is 5.84 Å². The van der Waals surface area contributed by atoms with Gasteiger partial charge in [-0.2, -0.15) is 10.5 Å². The first-order valence-electron chi connectivity index (χ1n) is 5.66. The molecule has 0 saturated heterocycles. The number of aromatic nitrogens is 2. The average Bonchev–Trinajstić information content (AvgIpc) is 2.44. The third kappa shape index (κ3) is 4.39. The molecule has 0 aliphatic carbocycles. The first-order valence-corrected chi connectivity index (χ1v) is 5.66. The van der Waals surface area contributed by atoms with E-state index < -0.39 is 0 Å². The number of hydrazine groups is 1. The van der Waals surface area contributed by atoms with Crippen LogP contribution in [0, 0.1) is 22.7 Å². The number of nitrogens with zero attached hydrogens (tertiary/aromatic N) is 5. The summed E-state index contributed by atoms with van der Waals surface area (Å²) >= 11 is 0. The van der Waals surface area contributed by atoms with Gasteiger partial charge in [-0.1, -0.05) is 0 Å². The Morgan fingerprint density at radius 1 is 1.37 bits per heavy atom. The fourth-order valence-electron chi connectivity index (χ4n) is 1.37. The molecular weight excluding hydrogens is 246 g/mol. The maximum absolute atomic E-state index is 8.75. The largest absolute Gasteiger partial charge is 0.374 e. The molecular formula is C11H15N7O. The Morgan fingerprint density at radius 2 is 2.05 bits per heavy atom. The Morgan fingerprint density at radius 3 is 2.58 bits per heavy atom. The molecule has 3 N–H and O–H groups in total. The van der Waals surface area contributed by atoms with Crippen LogP contribution < -0.4 is 16.2 Å². The number of rotatable bonds is 7. The molecule has 0 saturated carbocycles. The molecule has 8 nitrogen and oxygen atoms in total. The SMILES string of the molecule is CCOCc1nc(NN)cc(N(CC#N)CC#N)n1. The van der Waals surface area contributed by atoms with E-state index in [9.17, 15) is 0 Å². The van der Waals surface area contributed by atoms with E-state index in [4.69, 9.17) is 21.1 Å². The molecule has 0 fully saturated rings. The zero-order chi connectivity index (χ0) is 14.1. The van der Waals surface area contributed by atoms with Gasteiger partial charge in [0, 0.05) is 12.7 Å². The van der Waals surface area contributed by atoms with E-state index in [0.717, 1.165) is 0 Å². The van der Waals surface area contributed by atoms with E-state index in [-0.39, 0.29) is 19.7 Å². The summed E-state index contributed by atoms with van der Waals surface area (Å²) in [4.78, 5) is 9.90. The van der Waals surface area contributed by atoms with Crippen LogP contribution in [0.4, 0.5) is 11.6 Å². The van der Waals surface area contributed by atoms with Crippen LogP contribution in [0.15, 0.2) is 6.07 Å². The molecule has 0 spiro atoms. The second kappa shape index (κ2) is 7.82. The van der Waals surface area contributed by atoms with Crippen molar-refractivity contribution in [3.8, 4) is 12.1 Å². The topological polar surface area (TPSA) is 124 Å². The van der Waals surface area contributed by atoms with Gasteiger partial charge in [-0.05, 0) is 6.92 Å². The van der Waals surface area contributed by atoms with Crippen LogP contribution in [0.1, 0.15) is 12.7 Å². The summed E-state index contributed by atoms with van der Waals surface area (Å²) in [5, 5.41) is 17.5. The van der Waals surface area contributed by atoms with Crippen LogP contribution >= 0.6 is 0 Å². The van der Waals surface area contributed by atoms with Gasteiger partial charge >= 0.3 is 0 Å². The molecule has 1 aromatic rings. The lowest BCUT2D eigenvalue weighted by atomic mass is 10.4. The van der Waals surface area contributed by atoms with E-state index in [0.29, 0.717) is 24.1 Å². The first-order chi connectivity index (χ1) is 9.24. The van der Waals surface area contributed by atoms with Crippen molar-refractivity contribution in [1.29, 1.82) is 10.5 Å². The van der Waals surface area contributed by atoms with Crippen LogP contribution in [0.2, 0.25) is 0 Å². The Hall–Kier alpha value is -2.42. The minimum absolute atomic E-state index is 0.0582. The molecule has 0 radical (unpaired) electrons. The van der Waals surface area contributed by atoms with Crippen molar-refractivity contribution >= 4 is 11.6 Å². The molecule has 0 amide bonds. The summed E-state index contributed by atoms with van der Waals surface area (Å²) < 4.78 is 5.23. The average molecular weight is 261 g/mol. The van der Waals surface area contributed by atoms with E-state index in [1.54, 1.807) is 6.07 Å². The van der Waals surface area contributed by atoms with Crippen molar-refractivity contribution in [3.63, 3.8) is 0 Å². The molecule has 1 rings (SSSR count). The summed E-state index contributed by atoms with van der Waals surface area (Å²) in [5.41, 5.74) is 2.42. The number of nitrogens with one attached hydrogen (secondary N) is 1. The van der Waals surface area contributed by atoms with Gasteiger partial charge < -0.3 is 15.1 Å². The normalized spacial score (nSPS) is 9.47. The van der Waals surface area contributed by atoms with Gasteiger partial charge in [0.1, 0.15) is 31.3 Å². The van der Waals surface area contributed by atoms with Gasteiger partial charge in [-0.15, -0.1) is 0 Å². The zero-order valence-corrected chi connectivity index (χ0v) is 10.6. The van der Waals surface area contributed by atoms with Gasteiger partial charge in [0.25, 0.3) is 0 Å². The van der Waals surface area contributed by atoms with E-state index in [1.807, 2.05) is 19.1 Å². The molecule has 0 bridgehead atoms. The fourth-order valence-corrected chi connectivity index (χ4v) is 1.37. The van der Waals surface area contributed by atoms with Crippen LogP contribution in [0.3, 0.4) is 0 Å². The van der Waals surface area contributed by atoms with Crippen molar-refractivity contribution in [3.05, 3.63) is 11.9 Å². The maximum atomic E-state index is 8.75. The Balaban J connectivity index is 3.03. The summed E-state index contributed by atoms with van der Waals surface area (Å²) in [5.74, 6) is 6.64. The molecule has 1 heterocycles. The van der Waals surface area contributed by atoms with Gasteiger partial charge in [-0.25, -0.2) is 15.8 Å². The van der Waals surface area contributed by atoms with Crippen LogP contribution in [-0.4, -0.2) is 29.7 Å². The van der Waals surface area contributed by atoms with Gasteiger partial charge in [0.2, 0.25) is 0 Å². The Labute approximate surface area is 111 Å². The lowest BCUT2D eigenvalue weighted by Crippen LogP contribution is -2.26. The van der Waals surface area contributed by atoms with Gasteiger partial charge in [0.05, 0.1) is 12.1 Å². The lowest BCUT2D eigenvalue weighted by molar-refractivity contribution is 0.128. The van der Waals surface area contributed by atoms with Crippen molar-refractivity contribution in [2.75, 3.05) is 30.0 Å². The lowest BCUT2D eigenvalue weighted by Gasteiger charge is -2.18. The smallest absolute Gasteiger partial charge is 0.158 e. The van der Waals surface area contributed by atoms with Gasteiger partial charge in [-0.3, -0.25) is 0 Å². The minimum Gasteiger partial charge on any atom is -0.374 e. The Kier molecular flexibility index (Phi) is 6.03. The molecule has 8 heteroatoms. The number of ether oxygens (including phenoxy) is 1. The maximum Gasteiger partial charge on any atom is 0.158 e. The number of anilines is 2. The highest BCUT2D eigenvalue weighted by atomic mass is 16.5. The molecule has 1 aromatic heterocycles. The predicted molar refractivity (Wildman–Crippen MR) is 68.6 cm³/mol. The third-order valence-corrected chi connectivity index (χ3v) is 2.19. The highest BCUT2D eigenvalue weighted by Crippen LogP contribution is 2.15.